The van der Waals surface area contributed by atoms with Gasteiger partial charge in [0, 0.05) is 44.0 Å². The molecule has 1 fully saturated rings. The molecule has 0 spiro atoms. The van der Waals surface area contributed by atoms with Crippen molar-refractivity contribution in [1.82, 2.24) is 15.3 Å². The first-order valence-electron chi connectivity index (χ1n) is 8.57. The summed E-state index contributed by atoms with van der Waals surface area (Å²) < 4.78 is 5.09. The van der Waals surface area contributed by atoms with Crippen molar-refractivity contribution in [3.05, 3.63) is 47.8 Å². The number of hydrogen-bond acceptors (Lipinski definition) is 6. The highest BCUT2D eigenvalue weighted by atomic mass is 16.5. The van der Waals surface area contributed by atoms with Gasteiger partial charge in [-0.3, -0.25) is 4.79 Å². The van der Waals surface area contributed by atoms with Gasteiger partial charge in [0.2, 0.25) is 11.8 Å². The first kappa shape index (κ1) is 17.7. The van der Waals surface area contributed by atoms with Crippen LogP contribution in [0.15, 0.2) is 36.7 Å². The van der Waals surface area contributed by atoms with Gasteiger partial charge in [-0.15, -0.1) is 0 Å². The van der Waals surface area contributed by atoms with Crippen LogP contribution in [0.1, 0.15) is 24.0 Å². The van der Waals surface area contributed by atoms with E-state index in [1.165, 1.54) is 0 Å². The van der Waals surface area contributed by atoms with E-state index < -0.39 is 0 Å². The standard InChI is InChI=1S/C19H21N5O2/c1-26-18-10-14(4-7-21-18)12-23-19(25)16-5-8-24(9-6-16)17-3-2-15(11-20)13-22-17/h2-4,7,10,13,16H,5-6,8-9,12H2,1H3,(H,23,25). The van der Waals surface area contributed by atoms with E-state index in [2.05, 4.69) is 26.3 Å². The quantitative estimate of drug-likeness (QED) is 0.884. The zero-order chi connectivity index (χ0) is 18.4. The summed E-state index contributed by atoms with van der Waals surface area (Å²) in [5.41, 5.74) is 1.51. The van der Waals surface area contributed by atoms with Gasteiger partial charge in [0.05, 0.1) is 12.7 Å². The highest BCUT2D eigenvalue weighted by molar-refractivity contribution is 5.79. The number of nitrogens with zero attached hydrogens (tertiary/aromatic N) is 4. The summed E-state index contributed by atoms with van der Waals surface area (Å²) >= 11 is 0. The first-order chi connectivity index (χ1) is 12.7. The Morgan fingerprint density at radius 3 is 2.81 bits per heavy atom. The molecule has 0 aromatic carbocycles. The molecule has 1 aliphatic rings. The maximum atomic E-state index is 12.4. The second-order valence-electron chi connectivity index (χ2n) is 6.20. The Morgan fingerprint density at radius 1 is 1.35 bits per heavy atom. The summed E-state index contributed by atoms with van der Waals surface area (Å²) in [5.74, 6) is 1.48. The van der Waals surface area contributed by atoms with Crippen molar-refractivity contribution in [3.8, 4) is 11.9 Å². The molecular weight excluding hydrogens is 330 g/mol. The van der Waals surface area contributed by atoms with Crippen LogP contribution in [0.4, 0.5) is 5.82 Å². The maximum Gasteiger partial charge on any atom is 0.223 e. The number of pyridine rings is 2. The lowest BCUT2D eigenvalue weighted by molar-refractivity contribution is -0.125. The lowest BCUT2D eigenvalue weighted by Crippen LogP contribution is -2.40. The Kier molecular flexibility index (Phi) is 5.64. The van der Waals surface area contributed by atoms with Gasteiger partial charge in [0.1, 0.15) is 11.9 Å². The molecule has 0 bridgehead atoms. The fourth-order valence-corrected chi connectivity index (χ4v) is 3.02. The van der Waals surface area contributed by atoms with Gasteiger partial charge in [0.25, 0.3) is 0 Å². The fraction of sp³-hybridized carbons (Fsp3) is 0.368. The molecule has 3 rings (SSSR count). The topological polar surface area (TPSA) is 91.1 Å². The van der Waals surface area contributed by atoms with Crippen molar-refractivity contribution in [1.29, 1.82) is 5.26 Å². The van der Waals surface area contributed by atoms with Crippen molar-refractivity contribution in [3.63, 3.8) is 0 Å². The minimum absolute atomic E-state index is 0.00774. The largest absolute Gasteiger partial charge is 0.481 e. The number of carbonyl (C=O) groups excluding carboxylic acids is 1. The van der Waals surface area contributed by atoms with E-state index in [1.807, 2.05) is 18.2 Å². The summed E-state index contributed by atoms with van der Waals surface area (Å²) in [4.78, 5) is 23.0. The van der Waals surface area contributed by atoms with E-state index in [-0.39, 0.29) is 11.8 Å². The van der Waals surface area contributed by atoms with Gasteiger partial charge in [-0.1, -0.05) is 0 Å². The van der Waals surface area contributed by atoms with Crippen molar-refractivity contribution in [2.75, 3.05) is 25.1 Å². The van der Waals surface area contributed by atoms with Gasteiger partial charge >= 0.3 is 0 Å². The Labute approximate surface area is 152 Å². The number of methoxy groups -OCH3 is 1. The second kappa shape index (κ2) is 8.30. The van der Waals surface area contributed by atoms with Crippen LogP contribution in [0.2, 0.25) is 0 Å². The van der Waals surface area contributed by atoms with Gasteiger partial charge in [-0.25, -0.2) is 9.97 Å². The third-order valence-corrected chi connectivity index (χ3v) is 4.54. The van der Waals surface area contributed by atoms with Gasteiger partial charge in [-0.05, 0) is 36.6 Å². The Balaban J connectivity index is 1.49. The highest BCUT2D eigenvalue weighted by Crippen LogP contribution is 2.22. The predicted octanol–water partition coefficient (Wildman–Crippen LogP) is 1.89. The van der Waals surface area contributed by atoms with E-state index in [9.17, 15) is 4.79 Å². The van der Waals surface area contributed by atoms with E-state index in [0.717, 1.165) is 37.3 Å². The number of amides is 1. The zero-order valence-electron chi connectivity index (χ0n) is 14.7. The molecule has 1 N–H and O–H groups in total. The average molecular weight is 351 g/mol. The summed E-state index contributed by atoms with van der Waals surface area (Å²) in [6.45, 7) is 2.02. The highest BCUT2D eigenvalue weighted by Gasteiger charge is 2.25. The SMILES string of the molecule is COc1cc(CNC(=O)C2CCN(c3ccc(C#N)cn3)CC2)ccn1. The van der Waals surface area contributed by atoms with Crippen LogP contribution in [0.3, 0.4) is 0 Å². The summed E-state index contributed by atoms with van der Waals surface area (Å²) in [5, 5.41) is 11.8. The average Bonchev–Trinajstić information content (AvgIpc) is 2.72. The number of piperidine rings is 1. The number of ether oxygens (including phenoxy) is 1. The van der Waals surface area contributed by atoms with Crippen molar-refractivity contribution in [2.24, 2.45) is 5.92 Å². The van der Waals surface area contributed by atoms with Crippen LogP contribution in [0.25, 0.3) is 0 Å². The molecule has 1 amide bonds. The molecule has 7 nitrogen and oxygen atoms in total. The number of nitrogens with one attached hydrogen (secondary N) is 1. The van der Waals surface area contributed by atoms with Crippen LogP contribution in [-0.4, -0.2) is 36.1 Å². The minimum Gasteiger partial charge on any atom is -0.481 e. The van der Waals surface area contributed by atoms with Crippen LogP contribution >= 0.6 is 0 Å². The Bertz CT molecular complexity index is 792. The molecule has 1 aliphatic heterocycles. The van der Waals surface area contributed by atoms with Crippen LogP contribution in [0, 0.1) is 17.2 Å². The molecule has 0 atom stereocenters. The molecule has 1 saturated heterocycles. The maximum absolute atomic E-state index is 12.4. The molecule has 134 valence electrons. The van der Waals surface area contributed by atoms with Crippen molar-refractivity contribution < 1.29 is 9.53 Å². The van der Waals surface area contributed by atoms with E-state index in [1.54, 1.807) is 25.6 Å². The van der Waals surface area contributed by atoms with Crippen LogP contribution in [-0.2, 0) is 11.3 Å². The smallest absolute Gasteiger partial charge is 0.223 e. The number of aromatic nitrogens is 2. The minimum atomic E-state index is 0.00774. The molecule has 3 heterocycles. The summed E-state index contributed by atoms with van der Waals surface area (Å²) in [6.07, 6.45) is 4.82. The lowest BCUT2D eigenvalue weighted by atomic mass is 9.96. The zero-order valence-corrected chi connectivity index (χ0v) is 14.7. The van der Waals surface area contributed by atoms with E-state index in [4.69, 9.17) is 10.00 Å². The molecule has 26 heavy (non-hydrogen) atoms. The third kappa shape index (κ3) is 4.28. The van der Waals surface area contributed by atoms with E-state index >= 15 is 0 Å². The first-order valence-corrected chi connectivity index (χ1v) is 8.57. The van der Waals surface area contributed by atoms with Crippen molar-refractivity contribution in [2.45, 2.75) is 19.4 Å². The second-order valence-corrected chi connectivity index (χ2v) is 6.20. The Morgan fingerprint density at radius 2 is 2.15 bits per heavy atom. The number of anilines is 1. The molecule has 0 unspecified atom stereocenters. The molecule has 0 saturated carbocycles. The van der Waals surface area contributed by atoms with E-state index in [0.29, 0.717) is 18.0 Å². The van der Waals surface area contributed by atoms with Crippen molar-refractivity contribution >= 4 is 11.7 Å². The molecular formula is C19H21N5O2. The number of nitriles is 1. The third-order valence-electron chi connectivity index (χ3n) is 4.54. The lowest BCUT2D eigenvalue weighted by Gasteiger charge is -2.32. The molecule has 7 heteroatoms. The normalized spacial score (nSPS) is 14.5. The molecule has 0 aliphatic carbocycles. The monoisotopic (exact) mass is 351 g/mol. The predicted molar refractivity (Wildman–Crippen MR) is 96.5 cm³/mol. The fourth-order valence-electron chi connectivity index (χ4n) is 3.02. The van der Waals surface area contributed by atoms with Gasteiger partial charge < -0.3 is 15.0 Å². The summed E-state index contributed by atoms with van der Waals surface area (Å²) in [7, 11) is 1.57. The number of hydrogen-bond donors (Lipinski definition) is 1. The molecule has 2 aromatic rings. The van der Waals surface area contributed by atoms with Gasteiger partial charge in [0.15, 0.2) is 0 Å². The summed E-state index contributed by atoms with van der Waals surface area (Å²) in [6, 6.07) is 9.37. The van der Waals surface area contributed by atoms with Crippen LogP contribution in [0.5, 0.6) is 5.88 Å². The van der Waals surface area contributed by atoms with Gasteiger partial charge in [-0.2, -0.15) is 5.26 Å². The Hall–Kier alpha value is -3.14. The number of carbonyl (C=O) groups is 1. The molecule has 2 aromatic heterocycles. The molecule has 0 radical (unpaired) electrons. The van der Waals surface area contributed by atoms with Crippen LogP contribution < -0.4 is 15.0 Å². The number of rotatable bonds is 5.